The van der Waals surface area contributed by atoms with Gasteiger partial charge in [-0.1, -0.05) is 86.6 Å². The molecular weight excluding hydrogens is 442 g/mol. The number of hydrogen-bond acceptors (Lipinski definition) is 2. The van der Waals surface area contributed by atoms with Crippen molar-refractivity contribution in [3.05, 3.63) is 115 Å². The van der Waals surface area contributed by atoms with Crippen LogP contribution in [0.2, 0.25) is 0 Å². The second-order valence-corrected chi connectivity index (χ2v) is 10.1. The summed E-state index contributed by atoms with van der Waals surface area (Å²) in [4.78, 5) is 5.01. The zero-order valence-corrected chi connectivity index (χ0v) is 20.1. The number of benzene rings is 4. The molecule has 0 N–H and O–H groups in total. The largest absolute Gasteiger partial charge is 0.432 e. The van der Waals surface area contributed by atoms with Gasteiger partial charge in [-0.25, -0.2) is 0 Å². The molecule has 0 amide bonds. The fourth-order valence-electron chi connectivity index (χ4n) is 6.18. The van der Waals surface area contributed by atoms with Crippen molar-refractivity contribution in [2.24, 2.45) is 0 Å². The van der Waals surface area contributed by atoms with Gasteiger partial charge in [-0.3, -0.25) is 8.97 Å². The van der Waals surface area contributed by atoms with Crippen LogP contribution in [0.5, 0.6) is 0 Å². The van der Waals surface area contributed by atoms with Crippen molar-refractivity contribution < 1.29 is 4.42 Å². The SMILES string of the molecule is CC1(C)c2ccccc2-c2ccc(-c3nc4occn4c3-n3c4ccccc4c4ccccc43)cc21. The van der Waals surface area contributed by atoms with Gasteiger partial charge in [-0.05, 0) is 40.5 Å². The van der Waals surface area contributed by atoms with E-state index >= 15 is 0 Å². The van der Waals surface area contributed by atoms with Gasteiger partial charge in [0.25, 0.3) is 0 Å². The van der Waals surface area contributed by atoms with Crippen LogP contribution in [0.4, 0.5) is 0 Å². The third-order valence-corrected chi connectivity index (χ3v) is 7.89. The molecule has 1 aliphatic carbocycles. The van der Waals surface area contributed by atoms with Gasteiger partial charge < -0.3 is 4.42 Å². The van der Waals surface area contributed by atoms with Crippen LogP contribution in [0.3, 0.4) is 0 Å². The molecule has 4 nitrogen and oxygen atoms in total. The topological polar surface area (TPSA) is 35.4 Å². The lowest BCUT2D eigenvalue weighted by Gasteiger charge is -2.22. The fourth-order valence-corrected chi connectivity index (χ4v) is 6.18. The molecule has 0 radical (unpaired) electrons. The maximum absolute atomic E-state index is 5.81. The maximum Gasteiger partial charge on any atom is 0.308 e. The lowest BCUT2D eigenvalue weighted by Crippen LogP contribution is -2.15. The molecule has 0 aliphatic heterocycles. The summed E-state index contributed by atoms with van der Waals surface area (Å²) in [7, 11) is 0. The standard InChI is InChI=1S/C32H23N3O/c1-32(2)25-12-6-3-9-21(25)22-16-15-20(19-26(22)32)29-30(34-17-18-36-31(34)33-29)35-27-13-7-4-10-23(27)24-11-5-8-14-28(24)35/h3-19H,1-2H3. The number of oxazole rings is 1. The Labute approximate surface area is 208 Å². The molecule has 3 aromatic heterocycles. The van der Waals surface area contributed by atoms with Crippen LogP contribution in [-0.2, 0) is 5.41 Å². The number of hydrogen-bond donors (Lipinski definition) is 0. The first-order chi connectivity index (χ1) is 17.6. The van der Waals surface area contributed by atoms with Crippen molar-refractivity contribution in [1.29, 1.82) is 0 Å². The number of imidazole rings is 1. The predicted molar refractivity (Wildman–Crippen MR) is 145 cm³/mol. The van der Waals surface area contributed by atoms with Crippen molar-refractivity contribution in [3.8, 4) is 28.2 Å². The van der Waals surface area contributed by atoms with Crippen LogP contribution >= 0.6 is 0 Å². The molecule has 172 valence electrons. The van der Waals surface area contributed by atoms with E-state index in [1.807, 2.05) is 6.20 Å². The summed E-state index contributed by atoms with van der Waals surface area (Å²) in [6.07, 6.45) is 3.66. The first kappa shape index (κ1) is 19.7. The maximum atomic E-state index is 5.81. The molecule has 4 aromatic carbocycles. The van der Waals surface area contributed by atoms with Crippen LogP contribution in [-0.4, -0.2) is 14.0 Å². The van der Waals surface area contributed by atoms with Crippen LogP contribution in [0, 0.1) is 0 Å². The van der Waals surface area contributed by atoms with Crippen molar-refractivity contribution in [1.82, 2.24) is 14.0 Å². The van der Waals surface area contributed by atoms with Gasteiger partial charge >= 0.3 is 5.84 Å². The van der Waals surface area contributed by atoms with Crippen LogP contribution in [0.1, 0.15) is 25.0 Å². The minimum Gasteiger partial charge on any atom is -0.432 e. The molecule has 0 atom stereocenters. The van der Waals surface area contributed by atoms with E-state index in [4.69, 9.17) is 9.40 Å². The van der Waals surface area contributed by atoms with E-state index in [9.17, 15) is 0 Å². The molecule has 36 heavy (non-hydrogen) atoms. The van der Waals surface area contributed by atoms with E-state index in [1.54, 1.807) is 6.26 Å². The van der Waals surface area contributed by atoms with Gasteiger partial charge in [0.1, 0.15) is 12.0 Å². The molecule has 1 aliphatic rings. The van der Waals surface area contributed by atoms with E-state index in [0.29, 0.717) is 5.84 Å². The Hall–Kier alpha value is -4.57. The van der Waals surface area contributed by atoms with Crippen LogP contribution in [0.15, 0.2) is 108 Å². The fraction of sp³-hybridized carbons (Fsp3) is 0.0938. The number of rotatable bonds is 2. The molecule has 0 unspecified atom stereocenters. The van der Waals surface area contributed by atoms with Crippen molar-refractivity contribution in [2.75, 3.05) is 0 Å². The highest BCUT2D eigenvalue weighted by Gasteiger charge is 2.35. The summed E-state index contributed by atoms with van der Waals surface area (Å²) in [5, 5.41) is 2.45. The quantitative estimate of drug-likeness (QED) is 0.259. The molecule has 4 heteroatoms. The molecular formula is C32H23N3O. The minimum atomic E-state index is -0.0756. The summed E-state index contributed by atoms with van der Waals surface area (Å²) in [5.41, 5.74) is 9.56. The van der Waals surface area contributed by atoms with E-state index in [1.165, 1.54) is 33.0 Å². The minimum absolute atomic E-state index is 0.0756. The summed E-state index contributed by atoms with van der Waals surface area (Å²) in [5.74, 6) is 1.58. The normalized spacial score (nSPS) is 14.1. The first-order valence-electron chi connectivity index (χ1n) is 12.3. The van der Waals surface area contributed by atoms with E-state index in [-0.39, 0.29) is 5.41 Å². The summed E-state index contributed by atoms with van der Waals surface area (Å²) < 4.78 is 10.2. The van der Waals surface area contributed by atoms with Gasteiger partial charge in [0.15, 0.2) is 5.82 Å². The number of para-hydroxylation sites is 2. The Morgan fingerprint density at radius 1 is 0.722 bits per heavy atom. The van der Waals surface area contributed by atoms with Gasteiger partial charge in [0.2, 0.25) is 0 Å². The van der Waals surface area contributed by atoms with Crippen molar-refractivity contribution in [2.45, 2.75) is 19.3 Å². The second kappa shape index (κ2) is 6.76. The Morgan fingerprint density at radius 2 is 1.39 bits per heavy atom. The zero-order valence-electron chi connectivity index (χ0n) is 20.1. The van der Waals surface area contributed by atoms with Crippen molar-refractivity contribution >= 4 is 27.6 Å². The summed E-state index contributed by atoms with van der Waals surface area (Å²) >= 11 is 0. The van der Waals surface area contributed by atoms with E-state index < -0.39 is 0 Å². The number of fused-ring (bicyclic) bond motifs is 7. The van der Waals surface area contributed by atoms with Crippen molar-refractivity contribution in [3.63, 3.8) is 0 Å². The van der Waals surface area contributed by atoms with Gasteiger partial charge in [0.05, 0.1) is 17.2 Å². The third-order valence-electron chi connectivity index (χ3n) is 7.89. The molecule has 8 rings (SSSR count). The molecule has 0 bridgehead atoms. The highest BCUT2D eigenvalue weighted by atomic mass is 16.3. The van der Waals surface area contributed by atoms with E-state index in [0.717, 1.165) is 28.1 Å². The van der Waals surface area contributed by atoms with Crippen LogP contribution in [0.25, 0.3) is 55.9 Å². The average molecular weight is 466 g/mol. The monoisotopic (exact) mass is 465 g/mol. The third kappa shape index (κ3) is 2.41. The smallest absolute Gasteiger partial charge is 0.308 e. The Morgan fingerprint density at radius 3 is 2.17 bits per heavy atom. The highest BCUT2D eigenvalue weighted by molar-refractivity contribution is 6.09. The Kier molecular flexibility index (Phi) is 3.70. The molecule has 0 spiro atoms. The highest BCUT2D eigenvalue weighted by Crippen LogP contribution is 2.50. The number of aromatic nitrogens is 3. The van der Waals surface area contributed by atoms with Gasteiger partial charge in [-0.2, -0.15) is 4.98 Å². The Balaban J connectivity index is 1.45. The first-order valence-corrected chi connectivity index (χ1v) is 12.3. The second-order valence-electron chi connectivity index (χ2n) is 10.1. The van der Waals surface area contributed by atoms with E-state index in [2.05, 4.69) is 114 Å². The summed E-state index contributed by atoms with van der Waals surface area (Å²) in [6, 6.07) is 32.7. The predicted octanol–water partition coefficient (Wildman–Crippen LogP) is 8.00. The molecule has 3 heterocycles. The lowest BCUT2D eigenvalue weighted by molar-refractivity contribution is 0.596. The molecule has 0 saturated heterocycles. The lowest BCUT2D eigenvalue weighted by atomic mass is 9.82. The van der Waals surface area contributed by atoms with Gasteiger partial charge in [-0.15, -0.1) is 0 Å². The van der Waals surface area contributed by atoms with Gasteiger partial charge in [0, 0.05) is 21.8 Å². The Bertz CT molecular complexity index is 1930. The molecule has 7 aromatic rings. The molecule has 0 saturated carbocycles. The zero-order chi connectivity index (χ0) is 24.0. The molecule has 0 fully saturated rings. The van der Waals surface area contributed by atoms with Crippen LogP contribution < -0.4 is 0 Å². The number of nitrogens with zero attached hydrogens (tertiary/aromatic N) is 3. The average Bonchev–Trinajstić information content (AvgIpc) is 3.64. The summed E-state index contributed by atoms with van der Waals surface area (Å²) in [6.45, 7) is 4.63.